The second kappa shape index (κ2) is 8.36. The maximum absolute atomic E-state index is 12.0. The lowest BCUT2D eigenvalue weighted by Gasteiger charge is -2.33. The second-order valence-corrected chi connectivity index (χ2v) is 7.48. The van der Waals surface area contributed by atoms with E-state index in [4.69, 9.17) is 9.47 Å². The minimum Gasteiger partial charge on any atom is -0.477 e. The van der Waals surface area contributed by atoms with Gasteiger partial charge in [0.1, 0.15) is 5.60 Å². The van der Waals surface area contributed by atoms with Gasteiger partial charge in [-0.05, 0) is 51.5 Å². The molecule has 24 heavy (non-hydrogen) atoms. The van der Waals surface area contributed by atoms with Gasteiger partial charge < -0.3 is 14.4 Å². The topological polar surface area (TPSA) is 51.7 Å². The van der Waals surface area contributed by atoms with Crippen LogP contribution in [0.25, 0.3) is 0 Å². The molecule has 1 fully saturated rings. The highest BCUT2D eigenvalue weighted by molar-refractivity contribution is 5.68. The summed E-state index contributed by atoms with van der Waals surface area (Å²) in [4.78, 5) is 18.2. The molecule has 0 spiro atoms. The molecule has 1 amide bonds. The van der Waals surface area contributed by atoms with E-state index < -0.39 is 5.60 Å². The predicted molar refractivity (Wildman–Crippen MR) is 94.3 cm³/mol. The first kappa shape index (κ1) is 18.6. The van der Waals surface area contributed by atoms with Crippen LogP contribution in [0, 0.1) is 5.92 Å². The minimum atomic E-state index is -0.438. The number of likely N-dealkylation sites (tertiary alicyclic amines) is 1. The molecule has 1 aliphatic heterocycles. The number of carbonyl (C=O) groups is 1. The molecule has 1 aliphatic rings. The zero-order valence-electron chi connectivity index (χ0n) is 15.4. The Kier molecular flexibility index (Phi) is 6.46. The summed E-state index contributed by atoms with van der Waals surface area (Å²) < 4.78 is 11.2. The number of rotatable bonds is 5. The lowest BCUT2D eigenvalue weighted by Crippen LogP contribution is -2.42. The van der Waals surface area contributed by atoms with Gasteiger partial charge in [0.2, 0.25) is 5.88 Å². The Labute approximate surface area is 145 Å². The fourth-order valence-corrected chi connectivity index (χ4v) is 2.74. The van der Waals surface area contributed by atoms with E-state index in [1.165, 1.54) is 5.56 Å². The highest BCUT2D eigenvalue weighted by atomic mass is 16.6. The van der Waals surface area contributed by atoms with Gasteiger partial charge in [0.15, 0.2) is 0 Å². The van der Waals surface area contributed by atoms with Crippen molar-refractivity contribution >= 4 is 6.09 Å². The number of carbonyl (C=O) groups excluding carboxylic acids is 1. The Morgan fingerprint density at radius 3 is 2.54 bits per heavy atom. The molecule has 0 atom stereocenters. The fraction of sp³-hybridized carbons (Fsp3) is 0.684. The molecular formula is C19H30N2O3. The molecule has 0 aliphatic carbocycles. The summed E-state index contributed by atoms with van der Waals surface area (Å²) in [5.74, 6) is 1.14. The number of ether oxygens (including phenoxy) is 2. The van der Waals surface area contributed by atoms with Gasteiger partial charge in [-0.15, -0.1) is 0 Å². The predicted octanol–water partition coefficient (Wildman–Crippen LogP) is 4.06. The SMILES string of the molecule is CCCc1ccc(OCC2CCN(C(=O)OC(C)(C)C)CC2)nc1. The number of piperidine rings is 1. The number of amides is 1. The van der Waals surface area contributed by atoms with Gasteiger partial charge in [0.25, 0.3) is 0 Å². The first-order valence-corrected chi connectivity index (χ1v) is 8.93. The Balaban J connectivity index is 1.72. The molecule has 2 heterocycles. The van der Waals surface area contributed by atoms with Crippen LogP contribution >= 0.6 is 0 Å². The summed E-state index contributed by atoms with van der Waals surface area (Å²) in [7, 11) is 0. The van der Waals surface area contributed by atoms with E-state index in [0.29, 0.717) is 18.4 Å². The third-order valence-corrected chi connectivity index (χ3v) is 4.07. The minimum absolute atomic E-state index is 0.213. The van der Waals surface area contributed by atoms with Gasteiger partial charge in [-0.3, -0.25) is 0 Å². The van der Waals surface area contributed by atoms with Gasteiger partial charge >= 0.3 is 6.09 Å². The fourth-order valence-electron chi connectivity index (χ4n) is 2.74. The second-order valence-electron chi connectivity index (χ2n) is 7.48. The number of aryl methyl sites for hydroxylation is 1. The zero-order valence-corrected chi connectivity index (χ0v) is 15.4. The van der Waals surface area contributed by atoms with Crippen LogP contribution in [-0.2, 0) is 11.2 Å². The van der Waals surface area contributed by atoms with Gasteiger partial charge in [-0.1, -0.05) is 19.4 Å². The summed E-state index contributed by atoms with van der Waals surface area (Å²) in [6, 6.07) is 4.03. The van der Waals surface area contributed by atoms with Gasteiger partial charge in [-0.2, -0.15) is 0 Å². The van der Waals surface area contributed by atoms with Gasteiger partial charge in [0.05, 0.1) is 6.61 Å². The summed E-state index contributed by atoms with van der Waals surface area (Å²) in [6.45, 7) is 9.95. The van der Waals surface area contributed by atoms with Crippen molar-refractivity contribution in [2.24, 2.45) is 5.92 Å². The van der Waals surface area contributed by atoms with E-state index in [0.717, 1.165) is 38.8 Å². The van der Waals surface area contributed by atoms with Crippen molar-refractivity contribution in [3.63, 3.8) is 0 Å². The lowest BCUT2D eigenvalue weighted by molar-refractivity contribution is 0.0164. The van der Waals surface area contributed by atoms with Crippen molar-refractivity contribution in [2.75, 3.05) is 19.7 Å². The molecule has 0 N–H and O–H groups in total. The molecule has 1 aromatic heterocycles. The molecule has 0 saturated carbocycles. The number of hydrogen-bond acceptors (Lipinski definition) is 4. The van der Waals surface area contributed by atoms with Gasteiger partial charge in [0, 0.05) is 25.4 Å². The van der Waals surface area contributed by atoms with Crippen molar-refractivity contribution in [2.45, 2.75) is 59.0 Å². The molecule has 134 valence electrons. The summed E-state index contributed by atoms with van der Waals surface area (Å²) in [5, 5.41) is 0. The molecule has 0 bridgehead atoms. The standard InChI is InChI=1S/C19H30N2O3/c1-5-6-15-7-8-17(20-13-15)23-14-16-9-11-21(12-10-16)18(22)24-19(2,3)4/h7-8,13,16H,5-6,9-12,14H2,1-4H3. The molecule has 0 unspecified atom stereocenters. The molecule has 1 saturated heterocycles. The number of hydrogen-bond donors (Lipinski definition) is 0. The molecule has 1 aromatic rings. The normalized spacial score (nSPS) is 16.1. The monoisotopic (exact) mass is 334 g/mol. The first-order chi connectivity index (χ1) is 11.4. The van der Waals surface area contributed by atoms with E-state index in [-0.39, 0.29) is 6.09 Å². The van der Waals surface area contributed by atoms with E-state index >= 15 is 0 Å². The summed E-state index contributed by atoms with van der Waals surface area (Å²) in [6.07, 6.45) is 5.73. The average Bonchev–Trinajstić information content (AvgIpc) is 2.53. The van der Waals surface area contributed by atoms with E-state index in [1.54, 1.807) is 4.90 Å². The largest absolute Gasteiger partial charge is 0.477 e. The summed E-state index contributed by atoms with van der Waals surface area (Å²) in [5.41, 5.74) is 0.808. The van der Waals surface area contributed by atoms with Crippen LogP contribution in [0.5, 0.6) is 5.88 Å². The Morgan fingerprint density at radius 1 is 1.29 bits per heavy atom. The third-order valence-electron chi connectivity index (χ3n) is 4.07. The zero-order chi connectivity index (χ0) is 17.6. The Hall–Kier alpha value is -1.78. The molecule has 2 rings (SSSR count). The Bertz CT molecular complexity index is 514. The maximum Gasteiger partial charge on any atom is 0.410 e. The average molecular weight is 334 g/mol. The highest BCUT2D eigenvalue weighted by Gasteiger charge is 2.27. The van der Waals surface area contributed by atoms with Crippen LogP contribution < -0.4 is 4.74 Å². The van der Waals surface area contributed by atoms with Crippen molar-refractivity contribution in [1.29, 1.82) is 0 Å². The Morgan fingerprint density at radius 2 is 2.00 bits per heavy atom. The molecule has 5 nitrogen and oxygen atoms in total. The lowest BCUT2D eigenvalue weighted by atomic mass is 9.98. The molecular weight excluding hydrogens is 304 g/mol. The van der Waals surface area contributed by atoms with E-state index in [1.807, 2.05) is 33.0 Å². The first-order valence-electron chi connectivity index (χ1n) is 8.93. The highest BCUT2D eigenvalue weighted by Crippen LogP contribution is 2.21. The van der Waals surface area contributed by atoms with Gasteiger partial charge in [-0.25, -0.2) is 9.78 Å². The van der Waals surface area contributed by atoms with Crippen LogP contribution in [-0.4, -0.2) is 41.3 Å². The maximum atomic E-state index is 12.0. The molecule has 5 heteroatoms. The number of aromatic nitrogens is 1. The molecule has 0 radical (unpaired) electrons. The molecule has 0 aromatic carbocycles. The van der Waals surface area contributed by atoms with E-state index in [2.05, 4.69) is 18.0 Å². The van der Waals surface area contributed by atoms with Crippen LogP contribution in [0.1, 0.15) is 52.5 Å². The van der Waals surface area contributed by atoms with Crippen LogP contribution in [0.15, 0.2) is 18.3 Å². The van der Waals surface area contributed by atoms with Crippen LogP contribution in [0.2, 0.25) is 0 Å². The van der Waals surface area contributed by atoms with Crippen LogP contribution in [0.4, 0.5) is 4.79 Å². The third kappa shape index (κ3) is 6.02. The van der Waals surface area contributed by atoms with Crippen molar-refractivity contribution in [3.8, 4) is 5.88 Å². The smallest absolute Gasteiger partial charge is 0.410 e. The van der Waals surface area contributed by atoms with Crippen molar-refractivity contribution in [3.05, 3.63) is 23.9 Å². The van der Waals surface area contributed by atoms with Crippen molar-refractivity contribution < 1.29 is 14.3 Å². The van der Waals surface area contributed by atoms with Crippen molar-refractivity contribution in [1.82, 2.24) is 9.88 Å². The summed E-state index contributed by atoms with van der Waals surface area (Å²) >= 11 is 0. The quantitative estimate of drug-likeness (QED) is 0.815. The van der Waals surface area contributed by atoms with Crippen LogP contribution in [0.3, 0.4) is 0 Å². The number of pyridine rings is 1. The van der Waals surface area contributed by atoms with E-state index in [9.17, 15) is 4.79 Å². The number of nitrogens with zero attached hydrogens (tertiary/aromatic N) is 2.